The van der Waals surface area contributed by atoms with Crippen LogP contribution in [0.4, 0.5) is 0 Å². The Kier molecular flexibility index (Phi) is 5.78. The first-order valence-electron chi connectivity index (χ1n) is 2.50. The fraction of sp³-hybridized carbons (Fsp3) is 0.800. The summed E-state index contributed by atoms with van der Waals surface area (Å²) in [6.45, 7) is 0.767. The van der Waals surface area contributed by atoms with E-state index < -0.39 is 0 Å². The van der Waals surface area contributed by atoms with Crippen molar-refractivity contribution in [1.82, 2.24) is 0 Å². The summed E-state index contributed by atoms with van der Waals surface area (Å²) in [7, 11) is 0. The van der Waals surface area contributed by atoms with Crippen LogP contribution in [0.5, 0.6) is 0 Å². The van der Waals surface area contributed by atoms with Gasteiger partial charge in [0.25, 0.3) is 0 Å². The summed E-state index contributed by atoms with van der Waals surface area (Å²) in [5.41, 5.74) is 0. The van der Waals surface area contributed by atoms with Gasteiger partial charge in [0.1, 0.15) is 12.4 Å². The molecule has 1 heterocycles. The van der Waals surface area contributed by atoms with Crippen LogP contribution >= 0.6 is 0 Å². The van der Waals surface area contributed by atoms with Gasteiger partial charge >= 0.3 is 48.9 Å². The summed E-state index contributed by atoms with van der Waals surface area (Å²) >= 11 is 0. The van der Waals surface area contributed by atoms with E-state index in [4.69, 9.17) is 4.74 Å². The van der Waals surface area contributed by atoms with E-state index in [2.05, 4.69) is 0 Å². The third-order valence-electron chi connectivity index (χ3n) is 1.12. The van der Waals surface area contributed by atoms with Crippen molar-refractivity contribution in [3.05, 3.63) is 0 Å². The second kappa shape index (κ2) is 5.02. The molecule has 0 radical (unpaired) electrons. The van der Waals surface area contributed by atoms with Gasteiger partial charge in [-0.3, -0.25) is 0 Å². The molecule has 0 saturated carbocycles. The molecule has 0 bridgehead atoms. The average Bonchev–Trinajstić information content (AvgIpc) is 2.14. The van der Waals surface area contributed by atoms with E-state index >= 15 is 0 Å². The van der Waals surface area contributed by atoms with E-state index in [1.807, 2.05) is 0 Å². The molecule has 1 fully saturated rings. The minimum atomic E-state index is -0.0833. The van der Waals surface area contributed by atoms with Crippen LogP contribution in [0.2, 0.25) is 0 Å². The Balaban J connectivity index is -0.000000163. The number of rotatable bonds is 1. The van der Waals surface area contributed by atoms with Gasteiger partial charge < -0.3 is 12.4 Å². The molecule has 8 heavy (non-hydrogen) atoms. The number of ether oxygens (including phenoxy) is 1. The van der Waals surface area contributed by atoms with Gasteiger partial charge in [0, 0.05) is 6.61 Å². The predicted octanol–water partition coefficient (Wildman–Crippen LogP) is 0.208. The summed E-state index contributed by atoms with van der Waals surface area (Å²) in [5.74, 6) is 0. The molecule has 0 aromatic carbocycles. The van der Waals surface area contributed by atoms with E-state index in [0.717, 1.165) is 25.7 Å². The molecule has 2 nitrogen and oxygen atoms in total. The van der Waals surface area contributed by atoms with Gasteiger partial charge in [-0.1, -0.05) is 0 Å². The van der Waals surface area contributed by atoms with Crippen LogP contribution in [0, 0.1) is 0 Å². The first-order chi connectivity index (χ1) is 3.43. The van der Waals surface area contributed by atoms with Crippen LogP contribution in [-0.4, -0.2) is 67.9 Å². The molecule has 0 spiro atoms. The first kappa shape index (κ1) is 9.20. The number of aldehydes is 1. The topological polar surface area (TPSA) is 26.3 Å². The second-order valence-electron chi connectivity index (χ2n) is 1.69. The predicted molar refractivity (Wildman–Crippen MR) is 33.0 cm³/mol. The maximum atomic E-state index is 9.88. The molecule has 1 aliphatic rings. The molecule has 3 heteroatoms. The second-order valence-corrected chi connectivity index (χ2v) is 1.69. The van der Waals surface area contributed by atoms with Gasteiger partial charge in [0.2, 0.25) is 0 Å². The van der Waals surface area contributed by atoms with Crippen molar-refractivity contribution in [2.24, 2.45) is 0 Å². The maximum absolute atomic E-state index is 9.88. The van der Waals surface area contributed by atoms with Crippen molar-refractivity contribution in [2.45, 2.75) is 18.9 Å². The fourth-order valence-corrected chi connectivity index (χ4v) is 0.710. The third kappa shape index (κ3) is 2.66. The zero-order chi connectivity index (χ0) is 5.11. The molecular formula is C5H10BaO2. The molecule has 1 unspecified atom stereocenters. The molecule has 0 N–H and O–H groups in total. The van der Waals surface area contributed by atoms with Crippen molar-refractivity contribution in [2.75, 3.05) is 6.61 Å². The van der Waals surface area contributed by atoms with Gasteiger partial charge in [0.05, 0.1) is 0 Å². The smallest absolute Gasteiger partial charge is 1.00 e. The molecule has 1 aliphatic heterocycles. The zero-order valence-electron chi connectivity index (χ0n) is 6.80. The van der Waals surface area contributed by atoms with Crippen LogP contribution < -0.4 is 0 Å². The van der Waals surface area contributed by atoms with E-state index in [-0.39, 0.29) is 57.8 Å². The number of hydrogen-bond donors (Lipinski definition) is 0. The molecular weight excluding hydrogens is 229 g/mol. The normalized spacial score (nSPS) is 26.8. The molecule has 1 atom stereocenters. The number of hydrogen-bond acceptors (Lipinski definition) is 2. The quantitative estimate of drug-likeness (QED) is 0.483. The van der Waals surface area contributed by atoms with Crippen molar-refractivity contribution in [1.29, 1.82) is 0 Å². The average molecular weight is 239 g/mol. The van der Waals surface area contributed by atoms with E-state index in [9.17, 15) is 4.79 Å². The van der Waals surface area contributed by atoms with Crippen molar-refractivity contribution >= 4 is 55.2 Å². The van der Waals surface area contributed by atoms with E-state index in [0.29, 0.717) is 0 Å². The van der Waals surface area contributed by atoms with E-state index in [1.54, 1.807) is 0 Å². The van der Waals surface area contributed by atoms with Crippen molar-refractivity contribution in [3.8, 4) is 0 Å². The van der Waals surface area contributed by atoms with Gasteiger partial charge in [-0.2, -0.15) is 0 Å². The van der Waals surface area contributed by atoms with Crippen LogP contribution in [0.25, 0.3) is 0 Å². The largest absolute Gasteiger partial charge is 2.00 e. The molecule has 0 amide bonds. The van der Waals surface area contributed by atoms with Crippen LogP contribution in [0.1, 0.15) is 15.7 Å². The first-order valence-corrected chi connectivity index (χ1v) is 2.50. The van der Waals surface area contributed by atoms with Crippen molar-refractivity contribution in [3.63, 3.8) is 0 Å². The van der Waals surface area contributed by atoms with Crippen LogP contribution in [0.3, 0.4) is 0 Å². The standard InChI is InChI=1S/C5H8O2.Ba.2H/c6-4-5-2-1-3-7-5;;;/h4-5H,1-3H2;;;/q;+2;2*-1. The Morgan fingerprint density at radius 2 is 2.50 bits per heavy atom. The summed E-state index contributed by atoms with van der Waals surface area (Å²) in [6.07, 6.45) is 2.75. The Bertz CT molecular complexity index is 76.0. The number of carbonyl (C=O) groups is 1. The van der Waals surface area contributed by atoms with Crippen molar-refractivity contribution < 1.29 is 12.4 Å². The molecule has 1 rings (SSSR count). The molecule has 0 aromatic heterocycles. The summed E-state index contributed by atoms with van der Waals surface area (Å²) in [5, 5.41) is 0. The minimum absolute atomic E-state index is 0. The monoisotopic (exact) mass is 240 g/mol. The molecule has 0 aliphatic carbocycles. The third-order valence-corrected chi connectivity index (χ3v) is 1.12. The molecule has 44 valence electrons. The van der Waals surface area contributed by atoms with E-state index in [1.165, 1.54) is 0 Å². The summed E-state index contributed by atoms with van der Waals surface area (Å²) in [4.78, 5) is 9.88. The van der Waals surface area contributed by atoms with Crippen LogP contribution in [0.15, 0.2) is 0 Å². The Hall–Kier alpha value is 1.20. The molecule has 0 aromatic rings. The van der Waals surface area contributed by atoms with Crippen LogP contribution in [-0.2, 0) is 9.53 Å². The van der Waals surface area contributed by atoms with Gasteiger partial charge in [-0.25, -0.2) is 0 Å². The Morgan fingerprint density at radius 1 is 1.75 bits per heavy atom. The van der Waals surface area contributed by atoms with Gasteiger partial charge in [-0.15, -0.1) is 0 Å². The van der Waals surface area contributed by atoms with Gasteiger partial charge in [-0.05, 0) is 12.8 Å². The Morgan fingerprint density at radius 3 is 2.75 bits per heavy atom. The minimum Gasteiger partial charge on any atom is -1.00 e. The molecule has 1 saturated heterocycles. The van der Waals surface area contributed by atoms with Gasteiger partial charge in [0.15, 0.2) is 0 Å². The summed E-state index contributed by atoms with van der Waals surface area (Å²) in [6, 6.07) is 0. The summed E-state index contributed by atoms with van der Waals surface area (Å²) < 4.78 is 4.93. The SMILES string of the molecule is O=CC1CCCO1.[Ba+2].[H-].[H-]. The number of carbonyl (C=O) groups excluding carboxylic acids is 1. The zero-order valence-corrected chi connectivity index (χ0v) is 9.24. The fourth-order valence-electron chi connectivity index (χ4n) is 0.710. The maximum Gasteiger partial charge on any atom is 2.00 e. The Labute approximate surface area is 92.0 Å².